The first kappa shape index (κ1) is 12.9. The fourth-order valence-corrected chi connectivity index (χ4v) is 1.83. The highest BCUT2D eigenvalue weighted by molar-refractivity contribution is 5.87. The topological polar surface area (TPSA) is 73.6 Å². The minimum Gasteiger partial charge on any atom is -0.497 e. The molecular formula is C13H14N2O4. The summed E-state index contributed by atoms with van der Waals surface area (Å²) in [5.41, 5.74) is 1.41. The summed E-state index contributed by atoms with van der Waals surface area (Å²) in [6.45, 7) is 0. The van der Waals surface area contributed by atoms with E-state index in [1.54, 1.807) is 39.5 Å². The lowest BCUT2D eigenvalue weighted by Gasteiger charge is -2.10. The van der Waals surface area contributed by atoms with Crippen LogP contribution < -0.4 is 9.47 Å². The fourth-order valence-electron chi connectivity index (χ4n) is 1.83. The molecule has 2 aromatic rings. The van der Waals surface area contributed by atoms with Gasteiger partial charge in [0, 0.05) is 18.7 Å². The van der Waals surface area contributed by atoms with Gasteiger partial charge in [-0.15, -0.1) is 0 Å². The number of hydrogen-bond donors (Lipinski definition) is 1. The zero-order chi connectivity index (χ0) is 14.0. The molecule has 0 atom stereocenters. The van der Waals surface area contributed by atoms with Gasteiger partial charge in [-0.1, -0.05) is 0 Å². The van der Waals surface area contributed by atoms with Gasteiger partial charge in [-0.05, 0) is 18.2 Å². The van der Waals surface area contributed by atoms with Gasteiger partial charge in [-0.2, -0.15) is 5.10 Å². The van der Waals surface area contributed by atoms with Crippen molar-refractivity contribution in [3.05, 3.63) is 30.0 Å². The van der Waals surface area contributed by atoms with Gasteiger partial charge in [0.2, 0.25) is 0 Å². The van der Waals surface area contributed by atoms with Gasteiger partial charge in [0.25, 0.3) is 0 Å². The Morgan fingerprint density at radius 1 is 1.26 bits per heavy atom. The molecule has 0 aliphatic heterocycles. The summed E-state index contributed by atoms with van der Waals surface area (Å²) in [6.07, 6.45) is 0. The van der Waals surface area contributed by atoms with Crippen molar-refractivity contribution in [3.63, 3.8) is 0 Å². The van der Waals surface area contributed by atoms with Crippen molar-refractivity contribution in [2.75, 3.05) is 14.2 Å². The number of aromatic carboxylic acids is 1. The van der Waals surface area contributed by atoms with E-state index >= 15 is 0 Å². The molecule has 0 aliphatic rings. The molecule has 6 heteroatoms. The fraction of sp³-hybridized carbons (Fsp3) is 0.231. The predicted molar refractivity (Wildman–Crippen MR) is 68.7 cm³/mol. The number of ether oxygens (including phenoxy) is 2. The van der Waals surface area contributed by atoms with Gasteiger partial charge < -0.3 is 14.6 Å². The standard InChI is InChI=1S/C13H14N2O4/c1-15-11(7-10(14-15)13(16)17)9-5-4-8(18-2)6-12(9)19-3/h4-7H,1-3H3,(H,16,17). The van der Waals surface area contributed by atoms with Crippen LogP contribution in [0, 0.1) is 0 Å². The van der Waals surface area contributed by atoms with Gasteiger partial charge in [0.15, 0.2) is 5.69 Å². The van der Waals surface area contributed by atoms with Gasteiger partial charge in [-0.3, -0.25) is 4.68 Å². The lowest BCUT2D eigenvalue weighted by atomic mass is 10.1. The maximum Gasteiger partial charge on any atom is 0.356 e. The van der Waals surface area contributed by atoms with Crippen LogP contribution in [0.25, 0.3) is 11.3 Å². The van der Waals surface area contributed by atoms with Crippen LogP contribution in [0.15, 0.2) is 24.3 Å². The number of carboxylic acids is 1. The Bertz CT molecular complexity index is 619. The van der Waals surface area contributed by atoms with Crippen LogP contribution in [0.4, 0.5) is 0 Å². The molecule has 0 bridgehead atoms. The van der Waals surface area contributed by atoms with Crippen LogP contribution in [0.5, 0.6) is 11.5 Å². The first-order chi connectivity index (χ1) is 9.06. The highest BCUT2D eigenvalue weighted by atomic mass is 16.5. The minimum atomic E-state index is -1.06. The van der Waals surface area contributed by atoms with Gasteiger partial charge in [0.1, 0.15) is 11.5 Å². The number of nitrogens with zero attached hydrogens (tertiary/aromatic N) is 2. The maximum atomic E-state index is 10.9. The van der Waals surface area contributed by atoms with Crippen LogP contribution in [0.2, 0.25) is 0 Å². The first-order valence-corrected chi connectivity index (χ1v) is 5.56. The van der Waals surface area contributed by atoms with Crippen LogP contribution in [-0.4, -0.2) is 35.1 Å². The number of aryl methyl sites for hydroxylation is 1. The zero-order valence-corrected chi connectivity index (χ0v) is 10.9. The molecule has 0 unspecified atom stereocenters. The van der Waals surface area contributed by atoms with Crippen LogP contribution >= 0.6 is 0 Å². The molecular weight excluding hydrogens is 248 g/mol. The number of methoxy groups -OCH3 is 2. The monoisotopic (exact) mass is 262 g/mol. The van der Waals surface area contributed by atoms with E-state index in [1.165, 1.54) is 10.7 Å². The van der Waals surface area contributed by atoms with Crippen molar-refractivity contribution in [2.45, 2.75) is 0 Å². The van der Waals surface area contributed by atoms with Gasteiger partial charge >= 0.3 is 5.97 Å². The Hall–Kier alpha value is -2.50. The third-order valence-corrected chi connectivity index (χ3v) is 2.78. The Kier molecular flexibility index (Phi) is 3.41. The Morgan fingerprint density at radius 2 is 2.00 bits per heavy atom. The molecule has 19 heavy (non-hydrogen) atoms. The molecule has 2 rings (SSSR count). The van der Waals surface area contributed by atoms with E-state index in [1.807, 2.05) is 0 Å². The molecule has 0 radical (unpaired) electrons. The summed E-state index contributed by atoms with van der Waals surface area (Å²) in [5, 5.41) is 12.9. The molecule has 0 amide bonds. The minimum absolute atomic E-state index is 0.00429. The van der Waals surface area contributed by atoms with E-state index in [0.717, 1.165) is 5.56 Å². The van der Waals surface area contributed by atoms with E-state index in [4.69, 9.17) is 14.6 Å². The molecule has 1 aromatic carbocycles. The van der Waals surface area contributed by atoms with Crippen molar-refractivity contribution < 1.29 is 19.4 Å². The van der Waals surface area contributed by atoms with Crippen LogP contribution in [0.3, 0.4) is 0 Å². The first-order valence-electron chi connectivity index (χ1n) is 5.56. The summed E-state index contributed by atoms with van der Waals surface area (Å²) in [7, 11) is 4.80. The second-order valence-corrected chi connectivity index (χ2v) is 3.91. The Morgan fingerprint density at radius 3 is 2.53 bits per heavy atom. The van der Waals surface area contributed by atoms with Crippen molar-refractivity contribution in [3.8, 4) is 22.8 Å². The zero-order valence-electron chi connectivity index (χ0n) is 10.9. The van der Waals surface area contributed by atoms with Crippen molar-refractivity contribution in [1.29, 1.82) is 0 Å². The van der Waals surface area contributed by atoms with E-state index in [0.29, 0.717) is 17.2 Å². The molecule has 0 fully saturated rings. The summed E-state index contributed by atoms with van der Waals surface area (Å²) < 4.78 is 11.9. The van der Waals surface area contributed by atoms with Crippen molar-refractivity contribution in [1.82, 2.24) is 9.78 Å². The molecule has 1 heterocycles. The number of aromatic nitrogens is 2. The quantitative estimate of drug-likeness (QED) is 0.909. The Balaban J connectivity index is 2.55. The normalized spacial score (nSPS) is 10.3. The summed E-state index contributed by atoms with van der Waals surface area (Å²) in [6, 6.07) is 6.83. The second-order valence-electron chi connectivity index (χ2n) is 3.91. The summed E-state index contributed by atoms with van der Waals surface area (Å²) >= 11 is 0. The van der Waals surface area contributed by atoms with E-state index in [2.05, 4.69) is 5.10 Å². The number of carboxylic acid groups (broad SMARTS) is 1. The molecule has 1 aromatic heterocycles. The average Bonchev–Trinajstić information content (AvgIpc) is 2.80. The number of carbonyl (C=O) groups is 1. The molecule has 0 aliphatic carbocycles. The summed E-state index contributed by atoms with van der Waals surface area (Å²) in [4.78, 5) is 10.9. The van der Waals surface area contributed by atoms with Gasteiger partial charge in [-0.25, -0.2) is 4.79 Å². The van der Waals surface area contributed by atoms with Crippen LogP contribution in [0.1, 0.15) is 10.5 Å². The SMILES string of the molecule is COc1ccc(-c2cc(C(=O)O)nn2C)c(OC)c1. The third-order valence-electron chi connectivity index (χ3n) is 2.78. The van der Waals surface area contributed by atoms with E-state index in [-0.39, 0.29) is 5.69 Å². The lowest BCUT2D eigenvalue weighted by molar-refractivity contribution is 0.0689. The number of hydrogen-bond acceptors (Lipinski definition) is 4. The lowest BCUT2D eigenvalue weighted by Crippen LogP contribution is -1.99. The maximum absolute atomic E-state index is 10.9. The molecule has 1 N–H and O–H groups in total. The highest BCUT2D eigenvalue weighted by Crippen LogP contribution is 2.33. The average molecular weight is 262 g/mol. The Labute approximate surface area is 110 Å². The molecule has 0 saturated carbocycles. The summed E-state index contributed by atoms with van der Waals surface area (Å²) in [5.74, 6) is 0.204. The second kappa shape index (κ2) is 5.01. The molecule has 6 nitrogen and oxygen atoms in total. The van der Waals surface area contributed by atoms with Crippen molar-refractivity contribution >= 4 is 5.97 Å². The van der Waals surface area contributed by atoms with E-state index < -0.39 is 5.97 Å². The molecule has 0 spiro atoms. The smallest absolute Gasteiger partial charge is 0.356 e. The van der Waals surface area contributed by atoms with Crippen LogP contribution in [-0.2, 0) is 7.05 Å². The van der Waals surface area contributed by atoms with Crippen molar-refractivity contribution in [2.24, 2.45) is 7.05 Å². The molecule has 0 saturated heterocycles. The highest BCUT2D eigenvalue weighted by Gasteiger charge is 2.16. The van der Waals surface area contributed by atoms with Gasteiger partial charge in [0.05, 0.1) is 19.9 Å². The molecule has 100 valence electrons. The number of rotatable bonds is 4. The van der Waals surface area contributed by atoms with E-state index in [9.17, 15) is 4.79 Å². The number of benzene rings is 1. The third kappa shape index (κ3) is 2.37. The largest absolute Gasteiger partial charge is 0.497 e. The predicted octanol–water partition coefficient (Wildman–Crippen LogP) is 1.80.